The molecule has 35 heavy (non-hydrogen) atoms. The molecule has 10 nitrogen and oxygen atoms in total. The zero-order valence-electron chi connectivity index (χ0n) is 18.9. The average Bonchev–Trinajstić information content (AvgIpc) is 3.53. The average molecular weight is 495 g/mol. The summed E-state index contributed by atoms with van der Waals surface area (Å²) in [5.41, 5.74) is 1.21. The third-order valence-corrected chi connectivity index (χ3v) is 5.83. The Kier molecular flexibility index (Phi) is 7.27. The fourth-order valence-corrected chi connectivity index (χ4v) is 3.89. The lowest BCUT2D eigenvalue weighted by Gasteiger charge is -2.16. The largest absolute Gasteiger partial charge is 0.494 e. The van der Waals surface area contributed by atoms with E-state index >= 15 is 0 Å². The van der Waals surface area contributed by atoms with Gasteiger partial charge in [0.25, 0.3) is 11.8 Å². The van der Waals surface area contributed by atoms with E-state index in [2.05, 4.69) is 15.7 Å². The number of hydrogen-bond donors (Lipinski definition) is 2. The number of carbonyl (C=O) groups excluding carboxylic acids is 2. The Hall–Kier alpha value is -4.38. The molecule has 0 atom stereocenters. The SMILES string of the molecule is COc1cc(NC(=O)c2ccccc2)c(OC)cc1NC(=O)CCn1nc(-c2cccs2)oc1=O. The summed E-state index contributed by atoms with van der Waals surface area (Å²) in [6.07, 6.45) is -0.0334. The molecule has 2 aromatic carbocycles. The molecule has 2 N–H and O–H groups in total. The number of methoxy groups -OCH3 is 2. The van der Waals surface area contributed by atoms with E-state index in [0.29, 0.717) is 28.4 Å². The zero-order valence-corrected chi connectivity index (χ0v) is 19.8. The van der Waals surface area contributed by atoms with Gasteiger partial charge in [0.2, 0.25) is 5.91 Å². The van der Waals surface area contributed by atoms with E-state index in [1.165, 1.54) is 25.6 Å². The van der Waals surface area contributed by atoms with Gasteiger partial charge in [0.05, 0.1) is 37.0 Å². The maximum Gasteiger partial charge on any atom is 0.437 e. The van der Waals surface area contributed by atoms with Crippen molar-refractivity contribution in [1.82, 2.24) is 9.78 Å². The highest BCUT2D eigenvalue weighted by atomic mass is 32.1. The van der Waals surface area contributed by atoms with Crippen molar-refractivity contribution in [2.75, 3.05) is 24.9 Å². The first-order chi connectivity index (χ1) is 17.0. The summed E-state index contributed by atoms with van der Waals surface area (Å²) in [5.74, 6) is -0.467. The molecule has 0 fully saturated rings. The van der Waals surface area contributed by atoms with Gasteiger partial charge in [0.15, 0.2) is 0 Å². The lowest BCUT2D eigenvalue weighted by molar-refractivity contribution is -0.116. The van der Waals surface area contributed by atoms with Crippen LogP contribution in [0.25, 0.3) is 10.8 Å². The molecule has 2 aromatic heterocycles. The van der Waals surface area contributed by atoms with Crippen LogP contribution < -0.4 is 25.9 Å². The van der Waals surface area contributed by atoms with Crippen molar-refractivity contribution in [2.24, 2.45) is 0 Å². The van der Waals surface area contributed by atoms with Gasteiger partial charge in [-0.2, -0.15) is 4.68 Å². The van der Waals surface area contributed by atoms with Gasteiger partial charge >= 0.3 is 5.76 Å². The van der Waals surface area contributed by atoms with Crippen molar-refractivity contribution in [3.05, 3.63) is 76.1 Å². The summed E-state index contributed by atoms with van der Waals surface area (Å²) < 4.78 is 17.1. The summed E-state index contributed by atoms with van der Waals surface area (Å²) in [4.78, 5) is 37.9. The predicted octanol–water partition coefficient (Wildman–Crippen LogP) is 3.86. The summed E-state index contributed by atoms with van der Waals surface area (Å²) in [6.45, 7) is 0.0320. The van der Waals surface area contributed by atoms with Crippen LogP contribution in [0, 0.1) is 0 Å². The number of amides is 2. The van der Waals surface area contributed by atoms with Crippen LogP contribution in [-0.4, -0.2) is 35.8 Å². The Morgan fingerprint density at radius 2 is 1.69 bits per heavy atom. The van der Waals surface area contributed by atoms with Gasteiger partial charge < -0.3 is 24.5 Å². The number of rotatable bonds is 9. The molecule has 0 bridgehead atoms. The van der Waals surface area contributed by atoms with Crippen LogP contribution in [0.2, 0.25) is 0 Å². The van der Waals surface area contributed by atoms with Crippen molar-refractivity contribution >= 4 is 34.5 Å². The van der Waals surface area contributed by atoms with Crippen molar-refractivity contribution in [2.45, 2.75) is 13.0 Å². The third kappa shape index (κ3) is 5.58. The molecule has 4 aromatic rings. The number of nitrogens with one attached hydrogen (secondary N) is 2. The molecule has 0 spiro atoms. The number of carbonyl (C=O) groups is 2. The van der Waals surface area contributed by atoms with Crippen molar-refractivity contribution in [3.63, 3.8) is 0 Å². The molecule has 0 saturated heterocycles. The first kappa shape index (κ1) is 23.8. The Morgan fingerprint density at radius 1 is 1.00 bits per heavy atom. The van der Waals surface area contributed by atoms with Crippen LogP contribution in [0.4, 0.5) is 11.4 Å². The smallest absolute Gasteiger partial charge is 0.437 e. The van der Waals surface area contributed by atoms with Crippen molar-refractivity contribution < 1.29 is 23.5 Å². The lowest BCUT2D eigenvalue weighted by Crippen LogP contribution is -2.21. The number of aryl methyl sites for hydroxylation is 1. The number of anilines is 2. The maximum atomic E-state index is 12.6. The monoisotopic (exact) mass is 494 g/mol. The van der Waals surface area contributed by atoms with E-state index < -0.39 is 5.76 Å². The number of aromatic nitrogens is 2. The predicted molar refractivity (Wildman–Crippen MR) is 131 cm³/mol. The summed E-state index contributed by atoms with van der Waals surface area (Å²) >= 11 is 1.40. The summed E-state index contributed by atoms with van der Waals surface area (Å²) in [6, 6.07) is 15.5. The number of ether oxygens (including phenoxy) is 2. The van der Waals surface area contributed by atoms with E-state index in [4.69, 9.17) is 13.9 Å². The van der Waals surface area contributed by atoms with Crippen LogP contribution in [0.3, 0.4) is 0 Å². The quantitative estimate of drug-likeness (QED) is 0.362. The molecule has 2 heterocycles. The second kappa shape index (κ2) is 10.7. The minimum absolute atomic E-state index is 0.0320. The van der Waals surface area contributed by atoms with Gasteiger partial charge in [0.1, 0.15) is 11.5 Å². The molecule has 0 saturated carbocycles. The first-order valence-electron chi connectivity index (χ1n) is 10.5. The first-order valence-corrected chi connectivity index (χ1v) is 11.4. The standard InChI is InChI=1S/C24H22N4O6S/c1-32-18-14-17(26-22(30)15-7-4-3-5-8-15)19(33-2)13-16(18)25-21(29)10-11-28-24(31)34-23(27-28)20-9-6-12-35-20/h3-9,12-14H,10-11H2,1-2H3,(H,25,29)(H,26,30). The van der Waals surface area contributed by atoms with Gasteiger partial charge in [-0.05, 0) is 23.6 Å². The molecule has 180 valence electrons. The summed E-state index contributed by atoms with van der Waals surface area (Å²) in [5, 5.41) is 11.5. The second-order valence-corrected chi connectivity index (χ2v) is 8.19. The van der Waals surface area contributed by atoms with Crippen LogP contribution in [0.5, 0.6) is 11.5 Å². The molecular formula is C24H22N4O6S. The second-order valence-electron chi connectivity index (χ2n) is 7.24. The Balaban J connectivity index is 1.45. The molecule has 0 aliphatic carbocycles. The third-order valence-electron chi connectivity index (χ3n) is 4.97. The number of nitrogens with zero attached hydrogens (tertiary/aromatic N) is 2. The number of hydrogen-bond acceptors (Lipinski definition) is 8. The van der Waals surface area contributed by atoms with Gasteiger partial charge in [-0.15, -0.1) is 16.4 Å². The van der Waals surface area contributed by atoms with Crippen LogP contribution >= 0.6 is 11.3 Å². The Bertz CT molecular complexity index is 1380. The Labute approximate surface area is 204 Å². The zero-order chi connectivity index (χ0) is 24.8. The van der Waals surface area contributed by atoms with Gasteiger partial charge in [-0.1, -0.05) is 24.3 Å². The van der Waals surface area contributed by atoms with Gasteiger partial charge in [-0.3, -0.25) is 9.59 Å². The molecule has 2 amide bonds. The molecule has 11 heteroatoms. The lowest BCUT2D eigenvalue weighted by atomic mass is 10.2. The van der Waals surface area contributed by atoms with Crippen LogP contribution in [-0.2, 0) is 11.3 Å². The van der Waals surface area contributed by atoms with Gasteiger partial charge in [0, 0.05) is 24.1 Å². The molecule has 0 aliphatic heterocycles. The van der Waals surface area contributed by atoms with E-state index in [0.717, 1.165) is 9.56 Å². The maximum absolute atomic E-state index is 12.6. The highest BCUT2D eigenvalue weighted by Crippen LogP contribution is 2.36. The molecule has 4 rings (SSSR count). The highest BCUT2D eigenvalue weighted by molar-refractivity contribution is 7.13. The van der Waals surface area contributed by atoms with E-state index in [-0.39, 0.29) is 30.7 Å². The van der Waals surface area contributed by atoms with Crippen molar-refractivity contribution in [3.8, 4) is 22.3 Å². The van der Waals surface area contributed by atoms with E-state index in [9.17, 15) is 14.4 Å². The molecule has 0 aliphatic rings. The number of benzene rings is 2. The van der Waals surface area contributed by atoms with E-state index in [1.807, 2.05) is 17.5 Å². The molecule has 0 unspecified atom stereocenters. The van der Waals surface area contributed by atoms with Crippen LogP contribution in [0.1, 0.15) is 16.8 Å². The number of thiophene rings is 1. The van der Waals surface area contributed by atoms with Crippen LogP contribution in [0.15, 0.2) is 69.2 Å². The Morgan fingerprint density at radius 3 is 2.31 bits per heavy atom. The fourth-order valence-electron chi connectivity index (χ4n) is 3.24. The minimum Gasteiger partial charge on any atom is -0.494 e. The fraction of sp³-hybridized carbons (Fsp3) is 0.167. The molecule has 0 radical (unpaired) electrons. The van der Waals surface area contributed by atoms with E-state index in [1.54, 1.807) is 42.5 Å². The minimum atomic E-state index is -0.640. The topological polar surface area (TPSA) is 125 Å². The van der Waals surface area contributed by atoms with Gasteiger partial charge in [-0.25, -0.2) is 4.79 Å². The van der Waals surface area contributed by atoms with Crippen molar-refractivity contribution in [1.29, 1.82) is 0 Å². The molecular weight excluding hydrogens is 472 g/mol. The normalized spacial score (nSPS) is 10.6. The highest BCUT2D eigenvalue weighted by Gasteiger charge is 2.17. The summed E-state index contributed by atoms with van der Waals surface area (Å²) in [7, 11) is 2.90.